The van der Waals surface area contributed by atoms with Gasteiger partial charge in [-0.05, 0) is 115 Å². The SMILES string of the molecule is CCOC(=O)C(C)(C)Oc1ccc(Br)cc1.CCOC(=O)C(C)(C)Oc1ccccc1.Cc1cc(Cl)ccc1OCC(=O)O.O=C(O)COc1cc(Cl)c(Cl)cc1Cl. The van der Waals surface area contributed by atoms with Gasteiger partial charge in [0, 0.05) is 15.6 Å². The summed E-state index contributed by atoms with van der Waals surface area (Å²) in [6, 6.07) is 24.3. The topological polar surface area (TPSA) is 164 Å². The molecule has 0 saturated carbocycles. The van der Waals surface area contributed by atoms with Crippen LogP contribution in [0.3, 0.4) is 0 Å². The summed E-state index contributed by atoms with van der Waals surface area (Å²) in [5.74, 6) is -0.750. The van der Waals surface area contributed by atoms with Gasteiger partial charge in [0.2, 0.25) is 0 Å². The van der Waals surface area contributed by atoms with E-state index in [0.29, 0.717) is 40.5 Å². The molecule has 0 amide bonds. The molecule has 12 nitrogen and oxygen atoms in total. The molecule has 0 radical (unpaired) electrons. The van der Waals surface area contributed by atoms with Gasteiger partial charge >= 0.3 is 23.9 Å². The van der Waals surface area contributed by atoms with Gasteiger partial charge in [-0.3, -0.25) is 0 Å². The number of para-hydroxylation sites is 1. The number of carbonyl (C=O) groups is 4. The van der Waals surface area contributed by atoms with Gasteiger partial charge in [0.1, 0.15) is 23.0 Å². The van der Waals surface area contributed by atoms with Crippen molar-refractivity contribution in [1.82, 2.24) is 0 Å². The van der Waals surface area contributed by atoms with Crippen LogP contribution in [0.1, 0.15) is 47.1 Å². The number of carbonyl (C=O) groups excluding carboxylic acids is 2. The van der Waals surface area contributed by atoms with E-state index in [4.69, 9.17) is 85.0 Å². The lowest BCUT2D eigenvalue weighted by Gasteiger charge is -2.24. The molecule has 0 saturated heterocycles. The normalized spacial score (nSPS) is 10.4. The van der Waals surface area contributed by atoms with E-state index in [1.165, 1.54) is 12.1 Å². The zero-order valence-electron chi connectivity index (χ0n) is 32.8. The molecule has 0 unspecified atom stereocenters. The van der Waals surface area contributed by atoms with Crippen molar-refractivity contribution < 1.29 is 57.8 Å². The third kappa shape index (κ3) is 20.3. The molecule has 4 aromatic carbocycles. The third-order valence-corrected chi connectivity index (χ3v) is 8.43. The van der Waals surface area contributed by atoms with E-state index in [1.54, 1.807) is 84.0 Å². The molecule has 316 valence electrons. The van der Waals surface area contributed by atoms with Crippen LogP contribution >= 0.6 is 62.3 Å². The molecule has 0 bridgehead atoms. The first-order valence-corrected chi connectivity index (χ1v) is 19.5. The lowest BCUT2D eigenvalue weighted by atomic mass is 10.1. The summed E-state index contributed by atoms with van der Waals surface area (Å²) in [7, 11) is 0. The number of hydrogen-bond donors (Lipinski definition) is 2. The molecular weight excluding hydrogens is 906 g/mol. The minimum atomic E-state index is -1.09. The average Bonchev–Trinajstić information content (AvgIpc) is 3.14. The van der Waals surface area contributed by atoms with Crippen LogP contribution in [0.25, 0.3) is 0 Å². The van der Waals surface area contributed by atoms with E-state index < -0.39 is 29.7 Å². The lowest BCUT2D eigenvalue weighted by Crippen LogP contribution is -2.39. The third-order valence-electron chi connectivity index (χ3n) is 6.65. The van der Waals surface area contributed by atoms with Crippen LogP contribution in [0.5, 0.6) is 23.0 Å². The summed E-state index contributed by atoms with van der Waals surface area (Å²) in [6.45, 7) is 12.0. The smallest absolute Gasteiger partial charge is 0.349 e. The Kier molecular flexibility index (Phi) is 23.0. The van der Waals surface area contributed by atoms with Crippen molar-refractivity contribution in [1.29, 1.82) is 0 Å². The minimum absolute atomic E-state index is 0.198. The fourth-order valence-electron chi connectivity index (χ4n) is 3.94. The van der Waals surface area contributed by atoms with Crippen molar-refractivity contribution in [3.8, 4) is 23.0 Å². The van der Waals surface area contributed by atoms with E-state index in [-0.39, 0.29) is 34.3 Å². The summed E-state index contributed by atoms with van der Waals surface area (Å²) in [4.78, 5) is 43.5. The molecule has 0 aliphatic rings. The quantitative estimate of drug-likeness (QED) is 0.0909. The van der Waals surface area contributed by atoms with E-state index >= 15 is 0 Å². The summed E-state index contributed by atoms with van der Waals surface area (Å²) in [5, 5.41) is 18.1. The van der Waals surface area contributed by atoms with Gasteiger partial charge in [0.25, 0.3) is 0 Å². The van der Waals surface area contributed by atoms with E-state index in [2.05, 4.69) is 15.9 Å². The number of benzene rings is 4. The Morgan fingerprint density at radius 1 is 0.603 bits per heavy atom. The van der Waals surface area contributed by atoms with Gasteiger partial charge < -0.3 is 38.6 Å². The minimum Gasteiger partial charge on any atom is -0.482 e. The van der Waals surface area contributed by atoms with Crippen molar-refractivity contribution in [2.24, 2.45) is 0 Å². The summed E-state index contributed by atoms with van der Waals surface area (Å²) >= 11 is 26.1. The highest BCUT2D eigenvalue weighted by atomic mass is 79.9. The monoisotopic (exact) mass is 948 g/mol. The fraction of sp³-hybridized carbons (Fsp3) is 0.317. The summed E-state index contributed by atoms with van der Waals surface area (Å²) in [5.41, 5.74) is -1.09. The molecule has 17 heteroatoms. The fourth-order valence-corrected chi connectivity index (χ4v) is 5.02. The zero-order valence-corrected chi connectivity index (χ0v) is 37.4. The van der Waals surface area contributed by atoms with Crippen LogP contribution in [0.2, 0.25) is 20.1 Å². The number of esters is 2. The second-order valence-electron chi connectivity index (χ2n) is 12.4. The van der Waals surface area contributed by atoms with Gasteiger partial charge in [0.15, 0.2) is 24.4 Å². The Labute approximate surface area is 366 Å². The standard InChI is InChI=1S/C12H15BrO3.C12H16O3.C9H9ClO3.C8H5Cl3O3/c1-4-15-11(14)12(2,3)16-10-7-5-9(13)6-8-10;1-4-14-11(13)12(2,3)15-10-8-6-5-7-9-10;1-6-4-7(10)2-3-8(6)13-5-9(11)12;9-4-1-6(11)7(2-5(4)10)14-3-8(12)13/h5-8H,4H2,1-3H3;5-9H,4H2,1-3H3;2-4H,5H2,1H3,(H,11,12);1-2H,3H2,(H,12,13). The predicted octanol–water partition coefficient (Wildman–Crippen LogP) is 10.8. The molecule has 0 aromatic heterocycles. The van der Waals surface area contributed by atoms with Gasteiger partial charge in [0.05, 0.1) is 28.3 Å². The molecule has 0 spiro atoms. The Hall–Kier alpha value is -4.40. The van der Waals surface area contributed by atoms with E-state index in [1.807, 2.05) is 37.3 Å². The molecule has 2 N–H and O–H groups in total. The molecule has 0 heterocycles. The second-order valence-corrected chi connectivity index (χ2v) is 15.0. The first-order valence-electron chi connectivity index (χ1n) is 17.2. The number of carboxylic acids is 2. The molecular formula is C41H45BrCl4O12. The molecule has 4 aromatic rings. The van der Waals surface area contributed by atoms with Gasteiger partial charge in [-0.25, -0.2) is 19.2 Å². The van der Waals surface area contributed by atoms with Crippen LogP contribution in [0.4, 0.5) is 0 Å². The Balaban J connectivity index is 0.000000388. The maximum absolute atomic E-state index is 11.6. The first-order chi connectivity index (χ1) is 27.1. The van der Waals surface area contributed by atoms with Crippen LogP contribution in [-0.2, 0) is 28.7 Å². The number of hydrogen-bond acceptors (Lipinski definition) is 10. The van der Waals surface area contributed by atoms with Crippen LogP contribution in [-0.4, -0.2) is 71.7 Å². The van der Waals surface area contributed by atoms with E-state index in [9.17, 15) is 19.2 Å². The highest BCUT2D eigenvalue weighted by Gasteiger charge is 2.32. The number of aryl methyl sites for hydroxylation is 1. The van der Waals surface area contributed by atoms with Crippen molar-refractivity contribution >= 4 is 86.2 Å². The van der Waals surface area contributed by atoms with Crippen molar-refractivity contribution in [2.45, 2.75) is 59.7 Å². The largest absolute Gasteiger partial charge is 0.482 e. The van der Waals surface area contributed by atoms with E-state index in [0.717, 1.165) is 10.0 Å². The Bertz CT molecular complexity index is 1920. The summed E-state index contributed by atoms with van der Waals surface area (Å²) in [6.07, 6.45) is 0. The molecule has 0 fully saturated rings. The van der Waals surface area contributed by atoms with Crippen molar-refractivity contribution in [2.75, 3.05) is 26.4 Å². The van der Waals surface area contributed by atoms with Crippen LogP contribution < -0.4 is 18.9 Å². The molecule has 0 aliphatic heterocycles. The molecule has 0 aliphatic carbocycles. The molecule has 58 heavy (non-hydrogen) atoms. The van der Waals surface area contributed by atoms with Crippen LogP contribution in [0.15, 0.2) is 89.4 Å². The van der Waals surface area contributed by atoms with Crippen molar-refractivity contribution in [3.05, 3.63) is 115 Å². The Morgan fingerprint density at radius 3 is 1.50 bits per heavy atom. The maximum Gasteiger partial charge on any atom is 0.349 e. The zero-order chi connectivity index (χ0) is 44.1. The average molecular weight is 952 g/mol. The number of carboxylic acid groups (broad SMARTS) is 2. The number of halogens is 5. The Morgan fingerprint density at radius 2 is 1.05 bits per heavy atom. The second kappa shape index (κ2) is 25.9. The number of aliphatic carboxylic acids is 2. The van der Waals surface area contributed by atoms with Crippen LogP contribution in [0, 0.1) is 6.92 Å². The highest BCUT2D eigenvalue weighted by molar-refractivity contribution is 9.10. The first kappa shape index (κ1) is 51.6. The summed E-state index contributed by atoms with van der Waals surface area (Å²) < 4.78 is 31.8. The number of rotatable bonds is 14. The number of ether oxygens (including phenoxy) is 6. The predicted molar refractivity (Wildman–Crippen MR) is 227 cm³/mol. The maximum atomic E-state index is 11.6. The van der Waals surface area contributed by atoms with Gasteiger partial charge in [-0.2, -0.15) is 0 Å². The lowest BCUT2D eigenvalue weighted by molar-refractivity contribution is -0.159. The van der Waals surface area contributed by atoms with Crippen molar-refractivity contribution in [3.63, 3.8) is 0 Å². The van der Waals surface area contributed by atoms with Gasteiger partial charge in [-0.15, -0.1) is 0 Å². The van der Waals surface area contributed by atoms with Gasteiger partial charge in [-0.1, -0.05) is 80.5 Å². The molecule has 0 atom stereocenters. The molecule has 4 rings (SSSR count). The highest BCUT2D eigenvalue weighted by Crippen LogP contribution is 2.33.